The molecule has 0 N–H and O–H groups in total. The van der Waals surface area contributed by atoms with Gasteiger partial charge in [-0.3, -0.25) is 0 Å². The molecule has 1 aromatic heterocycles. The fraction of sp³-hybridized carbons (Fsp3) is 0.0588. The number of rotatable bonds is 3. The largest absolute Gasteiger partial charge is 0.496 e. The van der Waals surface area contributed by atoms with E-state index in [4.69, 9.17) is 16.3 Å². The molecule has 0 atom stereocenters. The van der Waals surface area contributed by atoms with Gasteiger partial charge in [0.2, 0.25) is 0 Å². The molecule has 0 radical (unpaired) electrons. The van der Waals surface area contributed by atoms with Gasteiger partial charge in [-0.1, -0.05) is 54.1 Å². The van der Waals surface area contributed by atoms with Gasteiger partial charge in [0.25, 0.3) is 0 Å². The van der Waals surface area contributed by atoms with Crippen LogP contribution in [0.15, 0.2) is 60.7 Å². The predicted molar refractivity (Wildman–Crippen MR) is 84.5 cm³/mol. The van der Waals surface area contributed by atoms with Crippen LogP contribution < -0.4 is 4.74 Å². The monoisotopic (exact) mass is 296 g/mol. The second-order valence-corrected chi connectivity index (χ2v) is 4.85. The zero-order chi connectivity index (χ0) is 14.7. The first-order valence-electron chi connectivity index (χ1n) is 6.51. The Balaban J connectivity index is 2.14. The first-order valence-corrected chi connectivity index (χ1v) is 6.89. The van der Waals surface area contributed by atoms with E-state index in [1.165, 1.54) is 0 Å². The summed E-state index contributed by atoms with van der Waals surface area (Å²) in [5.41, 5.74) is 2.61. The molecule has 0 aliphatic rings. The Morgan fingerprint density at radius 1 is 0.905 bits per heavy atom. The number of hydrogen-bond donors (Lipinski definition) is 0. The summed E-state index contributed by atoms with van der Waals surface area (Å²) in [7, 11) is 1.63. The molecule has 3 nitrogen and oxygen atoms in total. The van der Waals surface area contributed by atoms with Gasteiger partial charge in [-0.25, -0.2) is 9.97 Å². The van der Waals surface area contributed by atoms with Gasteiger partial charge in [-0.15, -0.1) is 0 Å². The highest BCUT2D eigenvalue weighted by Crippen LogP contribution is 2.29. The number of nitrogens with zero attached hydrogens (tertiary/aromatic N) is 2. The van der Waals surface area contributed by atoms with Crippen LogP contribution in [0, 0.1) is 0 Å². The van der Waals surface area contributed by atoms with Gasteiger partial charge >= 0.3 is 0 Å². The molecule has 0 aliphatic heterocycles. The van der Waals surface area contributed by atoms with Gasteiger partial charge in [0.1, 0.15) is 10.9 Å². The smallest absolute Gasteiger partial charge is 0.165 e. The molecule has 3 rings (SSSR count). The van der Waals surface area contributed by atoms with Crippen molar-refractivity contribution >= 4 is 11.6 Å². The van der Waals surface area contributed by atoms with Crippen LogP contribution in [0.1, 0.15) is 0 Å². The van der Waals surface area contributed by atoms with Crippen molar-refractivity contribution < 1.29 is 4.74 Å². The minimum Gasteiger partial charge on any atom is -0.496 e. The van der Waals surface area contributed by atoms with Gasteiger partial charge in [0.05, 0.1) is 18.4 Å². The summed E-state index contributed by atoms with van der Waals surface area (Å²) in [6, 6.07) is 19.3. The van der Waals surface area contributed by atoms with Gasteiger partial charge < -0.3 is 4.74 Å². The van der Waals surface area contributed by atoms with Crippen LogP contribution in [0.5, 0.6) is 5.75 Å². The summed E-state index contributed by atoms with van der Waals surface area (Å²) >= 11 is 6.15. The lowest BCUT2D eigenvalue weighted by Crippen LogP contribution is -1.95. The van der Waals surface area contributed by atoms with E-state index >= 15 is 0 Å². The Labute approximate surface area is 128 Å². The molecule has 4 heteroatoms. The maximum atomic E-state index is 6.15. The third kappa shape index (κ3) is 2.88. The van der Waals surface area contributed by atoms with Crippen LogP contribution in [0.2, 0.25) is 5.15 Å². The van der Waals surface area contributed by atoms with Crippen LogP contribution in [0.4, 0.5) is 0 Å². The second-order valence-electron chi connectivity index (χ2n) is 4.47. The molecule has 21 heavy (non-hydrogen) atoms. The van der Waals surface area contributed by atoms with Crippen LogP contribution in [-0.2, 0) is 0 Å². The molecule has 0 aliphatic carbocycles. The molecule has 1 heterocycles. The third-order valence-electron chi connectivity index (χ3n) is 3.11. The minimum atomic E-state index is 0.407. The zero-order valence-corrected chi connectivity index (χ0v) is 12.2. The maximum Gasteiger partial charge on any atom is 0.165 e. The lowest BCUT2D eigenvalue weighted by Gasteiger charge is -2.09. The van der Waals surface area contributed by atoms with Gasteiger partial charge in [-0.2, -0.15) is 0 Å². The van der Waals surface area contributed by atoms with Gasteiger partial charge in [0.15, 0.2) is 5.82 Å². The van der Waals surface area contributed by atoms with E-state index in [1.807, 2.05) is 54.6 Å². The van der Waals surface area contributed by atoms with Crippen molar-refractivity contribution in [3.05, 3.63) is 65.8 Å². The maximum absolute atomic E-state index is 6.15. The summed E-state index contributed by atoms with van der Waals surface area (Å²) in [6.45, 7) is 0. The standard InChI is InChI=1S/C17H13ClN2O/c1-21-15-10-6-5-9-13(15)17-19-14(11-16(18)20-17)12-7-3-2-4-8-12/h2-11H,1H3. The summed E-state index contributed by atoms with van der Waals surface area (Å²) in [5.74, 6) is 1.28. The molecule has 104 valence electrons. The number of benzene rings is 2. The Morgan fingerprint density at radius 3 is 2.38 bits per heavy atom. The fourth-order valence-corrected chi connectivity index (χ4v) is 2.31. The van der Waals surface area contributed by atoms with E-state index < -0.39 is 0 Å². The Kier molecular flexibility index (Phi) is 3.84. The SMILES string of the molecule is COc1ccccc1-c1nc(Cl)cc(-c2ccccc2)n1. The summed E-state index contributed by atoms with van der Waals surface area (Å²) in [6.07, 6.45) is 0. The zero-order valence-electron chi connectivity index (χ0n) is 11.5. The van der Waals surface area contributed by atoms with Crippen molar-refractivity contribution in [3.63, 3.8) is 0 Å². The Hall–Kier alpha value is -2.39. The van der Waals surface area contributed by atoms with Crippen LogP contribution in [-0.4, -0.2) is 17.1 Å². The minimum absolute atomic E-state index is 0.407. The fourth-order valence-electron chi connectivity index (χ4n) is 2.12. The lowest BCUT2D eigenvalue weighted by molar-refractivity contribution is 0.416. The molecule has 0 saturated carbocycles. The number of ether oxygens (including phenoxy) is 1. The number of para-hydroxylation sites is 1. The molecule has 0 spiro atoms. The van der Waals surface area contributed by atoms with E-state index in [0.29, 0.717) is 11.0 Å². The first kappa shape index (κ1) is 13.6. The quantitative estimate of drug-likeness (QED) is 0.669. The first-order chi connectivity index (χ1) is 10.3. The number of hydrogen-bond acceptors (Lipinski definition) is 3. The average Bonchev–Trinajstić information content (AvgIpc) is 2.55. The Morgan fingerprint density at radius 2 is 1.62 bits per heavy atom. The molecular formula is C17H13ClN2O. The van der Waals surface area contributed by atoms with Crippen molar-refractivity contribution in [2.24, 2.45) is 0 Å². The molecule has 0 bridgehead atoms. The molecule has 0 saturated heterocycles. The van der Waals surface area contributed by atoms with E-state index in [2.05, 4.69) is 9.97 Å². The van der Waals surface area contributed by atoms with Gasteiger partial charge in [0, 0.05) is 11.6 Å². The third-order valence-corrected chi connectivity index (χ3v) is 3.31. The molecule has 2 aromatic carbocycles. The highest BCUT2D eigenvalue weighted by Gasteiger charge is 2.11. The van der Waals surface area contributed by atoms with E-state index in [-0.39, 0.29) is 0 Å². The normalized spacial score (nSPS) is 10.4. The summed E-state index contributed by atoms with van der Waals surface area (Å²) in [5, 5.41) is 0.407. The average molecular weight is 297 g/mol. The van der Waals surface area contributed by atoms with Crippen molar-refractivity contribution in [1.82, 2.24) is 9.97 Å². The van der Waals surface area contributed by atoms with Crippen LogP contribution >= 0.6 is 11.6 Å². The summed E-state index contributed by atoms with van der Waals surface area (Å²) in [4.78, 5) is 8.92. The molecule has 0 fully saturated rings. The van der Waals surface area contributed by atoms with E-state index in [9.17, 15) is 0 Å². The van der Waals surface area contributed by atoms with Crippen molar-refractivity contribution in [2.75, 3.05) is 7.11 Å². The number of methoxy groups -OCH3 is 1. The molecular weight excluding hydrogens is 284 g/mol. The van der Waals surface area contributed by atoms with E-state index in [1.54, 1.807) is 13.2 Å². The van der Waals surface area contributed by atoms with Crippen molar-refractivity contribution in [3.8, 4) is 28.4 Å². The second kappa shape index (κ2) is 5.94. The predicted octanol–water partition coefficient (Wildman–Crippen LogP) is 4.47. The van der Waals surface area contributed by atoms with Crippen LogP contribution in [0.3, 0.4) is 0 Å². The van der Waals surface area contributed by atoms with Crippen molar-refractivity contribution in [2.45, 2.75) is 0 Å². The molecule has 0 unspecified atom stereocenters. The van der Waals surface area contributed by atoms with Crippen molar-refractivity contribution in [1.29, 1.82) is 0 Å². The number of halogens is 1. The Bertz CT molecular complexity index is 760. The topological polar surface area (TPSA) is 35.0 Å². The van der Waals surface area contributed by atoms with E-state index in [0.717, 1.165) is 22.6 Å². The highest BCUT2D eigenvalue weighted by atomic mass is 35.5. The lowest BCUT2D eigenvalue weighted by atomic mass is 10.1. The van der Waals surface area contributed by atoms with Crippen LogP contribution in [0.25, 0.3) is 22.6 Å². The molecule has 3 aromatic rings. The summed E-state index contributed by atoms with van der Waals surface area (Å²) < 4.78 is 5.36. The number of aromatic nitrogens is 2. The molecule has 0 amide bonds. The highest BCUT2D eigenvalue weighted by molar-refractivity contribution is 6.29. The van der Waals surface area contributed by atoms with Gasteiger partial charge in [-0.05, 0) is 12.1 Å².